The summed E-state index contributed by atoms with van der Waals surface area (Å²) in [6, 6.07) is 12.7. The van der Waals surface area contributed by atoms with Crippen LogP contribution in [0.4, 0.5) is 0 Å². The van der Waals surface area contributed by atoms with Crippen LogP contribution in [0.1, 0.15) is 58.6 Å². The Bertz CT molecular complexity index is 1210. The second-order valence-corrected chi connectivity index (χ2v) is 10.8. The van der Waals surface area contributed by atoms with Crippen LogP contribution in [-0.4, -0.2) is 58.0 Å². The van der Waals surface area contributed by atoms with E-state index in [2.05, 4.69) is 41.2 Å². The van der Waals surface area contributed by atoms with E-state index in [1.165, 1.54) is 60.8 Å². The minimum atomic E-state index is -0.0312. The van der Waals surface area contributed by atoms with Crippen molar-refractivity contribution in [3.8, 4) is 5.75 Å². The first kappa shape index (κ1) is 20.8. The molecule has 0 unspecified atom stereocenters. The first-order valence-corrected chi connectivity index (χ1v) is 12.3. The number of benzene rings is 2. The monoisotopic (exact) mass is 443 g/mol. The van der Waals surface area contributed by atoms with Crippen LogP contribution < -0.4 is 0 Å². The Kier molecular flexibility index (Phi) is 4.80. The second kappa shape index (κ2) is 7.63. The average molecular weight is 444 g/mol. The number of phenolic OH excluding ortho intramolecular Hbond substituents is 1. The van der Waals surface area contributed by atoms with Crippen molar-refractivity contribution in [1.82, 2.24) is 14.8 Å². The maximum Gasteiger partial charge on any atom is 0.257 e. The van der Waals surface area contributed by atoms with E-state index in [4.69, 9.17) is 0 Å². The summed E-state index contributed by atoms with van der Waals surface area (Å²) in [4.78, 5) is 20.9. The molecule has 3 heterocycles. The Morgan fingerprint density at radius 2 is 1.73 bits per heavy atom. The normalized spacial score (nSPS) is 21.3. The summed E-state index contributed by atoms with van der Waals surface area (Å²) < 4.78 is 0. The topological polar surface area (TPSA) is 59.6 Å². The molecule has 3 fully saturated rings. The number of aromatic nitrogens is 1. The van der Waals surface area contributed by atoms with Gasteiger partial charge >= 0.3 is 0 Å². The zero-order chi connectivity index (χ0) is 22.7. The van der Waals surface area contributed by atoms with E-state index < -0.39 is 0 Å². The highest BCUT2D eigenvalue weighted by molar-refractivity contribution is 5.97. The van der Waals surface area contributed by atoms with Crippen molar-refractivity contribution in [2.45, 2.75) is 51.5 Å². The van der Waals surface area contributed by atoms with Crippen molar-refractivity contribution in [1.29, 1.82) is 0 Å². The minimum Gasteiger partial charge on any atom is -0.507 e. The zero-order valence-electron chi connectivity index (χ0n) is 19.6. The number of rotatable bonds is 3. The van der Waals surface area contributed by atoms with Gasteiger partial charge in [0.2, 0.25) is 0 Å². The molecule has 1 spiro atoms. The van der Waals surface area contributed by atoms with E-state index in [-0.39, 0.29) is 11.7 Å². The van der Waals surface area contributed by atoms with E-state index in [0.29, 0.717) is 22.9 Å². The molecule has 5 nitrogen and oxygen atoms in total. The number of hydrogen-bond acceptors (Lipinski definition) is 3. The van der Waals surface area contributed by atoms with Crippen molar-refractivity contribution in [2.24, 2.45) is 5.41 Å². The fourth-order valence-electron chi connectivity index (χ4n) is 6.53. The van der Waals surface area contributed by atoms with E-state index in [9.17, 15) is 9.90 Å². The van der Waals surface area contributed by atoms with Gasteiger partial charge in [-0.05, 0) is 93.9 Å². The molecule has 3 aromatic rings. The maximum absolute atomic E-state index is 12.8. The lowest BCUT2D eigenvalue weighted by Crippen LogP contribution is -2.67. The summed E-state index contributed by atoms with van der Waals surface area (Å²) in [6.45, 7) is 8.10. The fourth-order valence-corrected chi connectivity index (χ4v) is 6.53. The number of piperidine rings is 1. The van der Waals surface area contributed by atoms with Crippen LogP contribution in [-0.2, 0) is 0 Å². The molecule has 1 amide bonds. The first-order valence-electron chi connectivity index (χ1n) is 12.3. The van der Waals surface area contributed by atoms with Gasteiger partial charge in [-0.1, -0.05) is 17.7 Å². The number of carbonyl (C=O) groups excluding carboxylic acids is 1. The molecule has 172 valence electrons. The van der Waals surface area contributed by atoms with Crippen molar-refractivity contribution < 1.29 is 9.90 Å². The highest BCUT2D eigenvalue weighted by atomic mass is 16.3. The van der Waals surface area contributed by atoms with Crippen LogP contribution in [0.25, 0.3) is 10.9 Å². The number of H-pyrrole nitrogens is 1. The molecule has 3 aliphatic rings. The molecule has 2 aliphatic heterocycles. The van der Waals surface area contributed by atoms with Gasteiger partial charge in [0.1, 0.15) is 5.75 Å². The van der Waals surface area contributed by atoms with E-state index >= 15 is 0 Å². The molecule has 2 saturated heterocycles. The first-order chi connectivity index (χ1) is 15.9. The number of phenols is 1. The summed E-state index contributed by atoms with van der Waals surface area (Å²) in [7, 11) is 0. The predicted octanol–water partition coefficient (Wildman–Crippen LogP) is 4.97. The Morgan fingerprint density at radius 1 is 1.03 bits per heavy atom. The molecule has 2 N–H and O–H groups in total. The third kappa shape index (κ3) is 3.54. The highest BCUT2D eigenvalue weighted by Gasteiger charge is 2.55. The Balaban J connectivity index is 1.02. The van der Waals surface area contributed by atoms with Crippen molar-refractivity contribution in [3.63, 3.8) is 0 Å². The molecule has 0 radical (unpaired) electrons. The lowest BCUT2D eigenvalue weighted by atomic mass is 9.60. The zero-order valence-corrected chi connectivity index (χ0v) is 19.6. The highest BCUT2D eigenvalue weighted by Crippen LogP contribution is 2.51. The summed E-state index contributed by atoms with van der Waals surface area (Å²) in [5.41, 5.74) is 5.78. The van der Waals surface area contributed by atoms with Gasteiger partial charge in [0.05, 0.1) is 5.56 Å². The molecule has 1 aliphatic carbocycles. The van der Waals surface area contributed by atoms with Crippen LogP contribution in [0.3, 0.4) is 0 Å². The van der Waals surface area contributed by atoms with Crippen molar-refractivity contribution in [2.75, 3.05) is 26.2 Å². The smallest absolute Gasteiger partial charge is 0.257 e. The number of fused-ring (bicyclic) bond motifs is 1. The molecule has 1 saturated carbocycles. The number of hydrogen-bond donors (Lipinski definition) is 2. The lowest BCUT2D eigenvalue weighted by Gasteiger charge is -2.61. The van der Waals surface area contributed by atoms with Gasteiger partial charge in [0.25, 0.3) is 5.91 Å². The van der Waals surface area contributed by atoms with Gasteiger partial charge in [0.15, 0.2) is 0 Å². The van der Waals surface area contributed by atoms with Gasteiger partial charge in [0, 0.05) is 41.6 Å². The number of carbonyl (C=O) groups is 1. The Morgan fingerprint density at radius 3 is 2.45 bits per heavy atom. The van der Waals surface area contributed by atoms with Crippen LogP contribution in [0, 0.1) is 19.3 Å². The Hall–Kier alpha value is -2.79. The summed E-state index contributed by atoms with van der Waals surface area (Å²) in [5.74, 6) is 0.710. The number of aromatic hydroxyl groups is 1. The van der Waals surface area contributed by atoms with Gasteiger partial charge in [-0.25, -0.2) is 0 Å². The van der Waals surface area contributed by atoms with Crippen LogP contribution in [0.5, 0.6) is 5.75 Å². The van der Waals surface area contributed by atoms with Gasteiger partial charge in [-0.2, -0.15) is 0 Å². The van der Waals surface area contributed by atoms with E-state index in [0.717, 1.165) is 18.7 Å². The predicted molar refractivity (Wildman–Crippen MR) is 131 cm³/mol. The SMILES string of the molecule is Cc1ccc(C(=O)N2CC3(CC(N4CCC(c5c[nH]c6ccc(C)cc56)CC4)C3)C2)c(O)c1. The molecule has 1 aromatic heterocycles. The number of aromatic amines is 1. The number of nitrogens with zero attached hydrogens (tertiary/aromatic N) is 2. The standard InChI is InChI=1S/C28H33N3O2/c1-18-4-6-25-23(11-18)24(15-29-25)20-7-9-30(10-8-20)21-13-28(14-21)16-31(17-28)27(33)22-5-3-19(2)12-26(22)32/h3-6,11-12,15,20-21,29,32H,7-10,13-14,16-17H2,1-2H3. The fraction of sp³-hybridized carbons (Fsp3) is 0.464. The summed E-state index contributed by atoms with van der Waals surface area (Å²) in [5, 5.41) is 11.5. The number of amides is 1. The third-order valence-electron chi connectivity index (χ3n) is 8.42. The van der Waals surface area contributed by atoms with E-state index in [1.54, 1.807) is 12.1 Å². The van der Waals surface area contributed by atoms with E-state index in [1.807, 2.05) is 17.9 Å². The lowest BCUT2D eigenvalue weighted by molar-refractivity contribution is -0.0967. The van der Waals surface area contributed by atoms with Crippen LogP contribution in [0.2, 0.25) is 0 Å². The molecular weight excluding hydrogens is 410 g/mol. The average Bonchev–Trinajstić information content (AvgIpc) is 3.15. The molecule has 5 heteroatoms. The maximum atomic E-state index is 12.8. The second-order valence-electron chi connectivity index (χ2n) is 10.8. The molecular formula is C28H33N3O2. The third-order valence-corrected chi connectivity index (χ3v) is 8.42. The van der Waals surface area contributed by atoms with Gasteiger partial charge in [-0.3, -0.25) is 4.79 Å². The van der Waals surface area contributed by atoms with Crippen LogP contribution >= 0.6 is 0 Å². The number of likely N-dealkylation sites (tertiary alicyclic amines) is 2. The molecule has 33 heavy (non-hydrogen) atoms. The van der Waals surface area contributed by atoms with Gasteiger partial charge < -0.3 is 19.9 Å². The van der Waals surface area contributed by atoms with Gasteiger partial charge in [-0.15, -0.1) is 0 Å². The minimum absolute atomic E-state index is 0.0312. The summed E-state index contributed by atoms with van der Waals surface area (Å²) in [6.07, 6.45) is 7.08. The Labute approximate surface area is 195 Å². The number of aryl methyl sites for hydroxylation is 2. The molecule has 6 rings (SSSR count). The largest absolute Gasteiger partial charge is 0.507 e. The van der Waals surface area contributed by atoms with Crippen LogP contribution in [0.15, 0.2) is 42.6 Å². The molecule has 2 aromatic carbocycles. The quantitative estimate of drug-likeness (QED) is 0.601. The summed E-state index contributed by atoms with van der Waals surface area (Å²) >= 11 is 0. The molecule has 0 bridgehead atoms. The molecule has 0 atom stereocenters. The van der Waals surface area contributed by atoms with Crippen molar-refractivity contribution >= 4 is 16.8 Å². The van der Waals surface area contributed by atoms with Crippen molar-refractivity contribution in [3.05, 3.63) is 64.8 Å². The number of nitrogens with one attached hydrogen (secondary N) is 1.